The van der Waals surface area contributed by atoms with E-state index in [0.717, 1.165) is 16.7 Å². The van der Waals surface area contributed by atoms with Crippen molar-refractivity contribution in [2.24, 2.45) is 0 Å². The van der Waals surface area contributed by atoms with Crippen molar-refractivity contribution in [3.05, 3.63) is 100 Å². The van der Waals surface area contributed by atoms with Crippen LogP contribution in [0.3, 0.4) is 0 Å². The first-order chi connectivity index (χ1) is 16.0. The molecule has 0 radical (unpaired) electrons. The number of carbonyl (C=O) groups is 1. The lowest BCUT2D eigenvalue weighted by molar-refractivity contribution is 0.0957. The van der Waals surface area contributed by atoms with E-state index < -0.39 is 0 Å². The Kier molecular flexibility index (Phi) is 7.07. The molecule has 6 nitrogen and oxygen atoms in total. The molecule has 33 heavy (non-hydrogen) atoms. The minimum absolute atomic E-state index is 0.301. The number of hydrogen-bond acceptors (Lipinski definition) is 5. The van der Waals surface area contributed by atoms with E-state index in [-0.39, 0.29) is 5.91 Å². The molecule has 0 unspecified atom stereocenters. The van der Waals surface area contributed by atoms with Crippen molar-refractivity contribution in [3.8, 4) is 17.1 Å². The summed E-state index contributed by atoms with van der Waals surface area (Å²) in [5, 5.41) is 8.79. The van der Waals surface area contributed by atoms with Gasteiger partial charge in [-0.2, -0.15) is 9.67 Å². The molecule has 0 aliphatic rings. The summed E-state index contributed by atoms with van der Waals surface area (Å²) < 4.78 is 6.44. The van der Waals surface area contributed by atoms with Gasteiger partial charge in [-0.1, -0.05) is 59.6 Å². The van der Waals surface area contributed by atoms with Gasteiger partial charge in [0, 0.05) is 28.2 Å². The Morgan fingerprint density at radius 1 is 1.00 bits per heavy atom. The van der Waals surface area contributed by atoms with Gasteiger partial charge in [0.1, 0.15) is 5.75 Å². The maximum atomic E-state index is 13.0. The third-order valence-corrected chi connectivity index (χ3v) is 5.58. The van der Waals surface area contributed by atoms with Gasteiger partial charge in [-0.3, -0.25) is 4.79 Å². The van der Waals surface area contributed by atoms with Crippen LogP contribution in [0.4, 0.5) is 5.95 Å². The fourth-order valence-electron chi connectivity index (χ4n) is 3.10. The van der Waals surface area contributed by atoms with Crippen LogP contribution in [0.5, 0.6) is 5.75 Å². The fourth-order valence-corrected chi connectivity index (χ4v) is 3.50. The standard InChI is InChI=1S/C25H20Cl2N4O2/c1-33-20-13-10-18(11-14-20)24-29-25(28-16-19-7-3-5-9-22(19)27)31(30-24)23(32)15-12-17-6-2-4-8-21(17)26/h2-15H,16H2,1H3,(H,28,29,30). The molecular weight excluding hydrogens is 459 g/mol. The Labute approximate surface area is 201 Å². The number of benzene rings is 3. The van der Waals surface area contributed by atoms with Crippen LogP contribution in [0.15, 0.2) is 78.9 Å². The molecule has 0 saturated heterocycles. The molecule has 1 N–H and O–H groups in total. The van der Waals surface area contributed by atoms with Gasteiger partial charge in [0.05, 0.1) is 7.11 Å². The van der Waals surface area contributed by atoms with Crippen LogP contribution in [0, 0.1) is 0 Å². The van der Waals surface area contributed by atoms with Gasteiger partial charge in [0.2, 0.25) is 5.95 Å². The van der Waals surface area contributed by atoms with Crippen molar-refractivity contribution >= 4 is 41.1 Å². The molecule has 0 fully saturated rings. The van der Waals surface area contributed by atoms with Crippen LogP contribution in [-0.4, -0.2) is 27.8 Å². The van der Waals surface area contributed by atoms with Crippen molar-refractivity contribution < 1.29 is 9.53 Å². The summed E-state index contributed by atoms with van der Waals surface area (Å²) in [5.41, 5.74) is 2.35. The molecule has 0 bridgehead atoms. The molecule has 8 heteroatoms. The topological polar surface area (TPSA) is 69.0 Å². The normalized spacial score (nSPS) is 11.0. The quantitative estimate of drug-likeness (QED) is 0.319. The molecule has 0 aliphatic carbocycles. The Morgan fingerprint density at radius 3 is 2.39 bits per heavy atom. The lowest BCUT2D eigenvalue weighted by atomic mass is 10.2. The largest absolute Gasteiger partial charge is 0.497 e. The number of rotatable bonds is 7. The van der Waals surface area contributed by atoms with E-state index in [9.17, 15) is 4.79 Å². The molecule has 1 heterocycles. The number of anilines is 1. The number of allylic oxidation sites excluding steroid dienone is 1. The maximum Gasteiger partial charge on any atom is 0.274 e. The molecular formula is C25H20Cl2N4O2. The number of methoxy groups -OCH3 is 1. The van der Waals surface area contributed by atoms with Crippen LogP contribution in [0.1, 0.15) is 15.9 Å². The van der Waals surface area contributed by atoms with Crippen LogP contribution in [0.25, 0.3) is 17.5 Å². The van der Waals surface area contributed by atoms with Crippen molar-refractivity contribution in [1.29, 1.82) is 0 Å². The number of nitrogens with zero attached hydrogens (tertiary/aromatic N) is 3. The van der Waals surface area contributed by atoms with Crippen molar-refractivity contribution in [3.63, 3.8) is 0 Å². The zero-order chi connectivity index (χ0) is 23.2. The lowest BCUT2D eigenvalue weighted by Gasteiger charge is -2.07. The second kappa shape index (κ2) is 10.3. The van der Waals surface area contributed by atoms with Gasteiger partial charge in [-0.05, 0) is 53.6 Å². The number of carbonyl (C=O) groups excluding carboxylic acids is 1. The summed E-state index contributed by atoms with van der Waals surface area (Å²) in [6.07, 6.45) is 3.06. The number of ether oxygens (including phenoxy) is 1. The predicted molar refractivity (Wildman–Crippen MR) is 132 cm³/mol. The number of halogens is 2. The van der Waals surface area contributed by atoms with E-state index >= 15 is 0 Å². The lowest BCUT2D eigenvalue weighted by Crippen LogP contribution is -2.14. The second-order valence-electron chi connectivity index (χ2n) is 7.04. The number of aromatic nitrogens is 3. The fraction of sp³-hybridized carbons (Fsp3) is 0.0800. The zero-order valence-corrected chi connectivity index (χ0v) is 19.2. The average Bonchev–Trinajstić information content (AvgIpc) is 3.27. The van der Waals surface area contributed by atoms with Crippen molar-refractivity contribution in [2.75, 3.05) is 12.4 Å². The summed E-state index contributed by atoms with van der Waals surface area (Å²) >= 11 is 12.5. The summed E-state index contributed by atoms with van der Waals surface area (Å²) in [4.78, 5) is 17.6. The predicted octanol–water partition coefficient (Wildman–Crippen LogP) is 6.23. The second-order valence-corrected chi connectivity index (χ2v) is 7.85. The molecule has 1 aromatic heterocycles. The minimum atomic E-state index is -0.371. The first-order valence-corrected chi connectivity index (χ1v) is 10.9. The Hall–Kier alpha value is -3.61. The first kappa shape index (κ1) is 22.6. The Balaban J connectivity index is 1.65. The highest BCUT2D eigenvalue weighted by atomic mass is 35.5. The number of nitrogens with one attached hydrogen (secondary N) is 1. The SMILES string of the molecule is COc1ccc(-c2nc(NCc3ccccc3Cl)n(C(=O)C=Cc3ccccc3Cl)n2)cc1. The van der Waals surface area contributed by atoms with Gasteiger partial charge >= 0.3 is 0 Å². The highest BCUT2D eigenvalue weighted by Gasteiger charge is 2.16. The van der Waals surface area contributed by atoms with E-state index in [1.54, 1.807) is 19.3 Å². The van der Waals surface area contributed by atoms with Gasteiger partial charge in [0.15, 0.2) is 5.82 Å². The van der Waals surface area contributed by atoms with Gasteiger partial charge in [0.25, 0.3) is 5.91 Å². The van der Waals surface area contributed by atoms with E-state index in [2.05, 4.69) is 15.4 Å². The van der Waals surface area contributed by atoms with Crippen LogP contribution >= 0.6 is 23.2 Å². The molecule has 4 aromatic rings. The third kappa shape index (κ3) is 5.42. The molecule has 166 valence electrons. The van der Waals surface area contributed by atoms with Crippen LogP contribution < -0.4 is 10.1 Å². The van der Waals surface area contributed by atoms with Gasteiger partial charge < -0.3 is 10.1 Å². The molecule has 0 spiro atoms. The summed E-state index contributed by atoms with van der Waals surface area (Å²) in [6, 6.07) is 22.0. The Morgan fingerprint density at radius 2 is 1.70 bits per heavy atom. The first-order valence-electron chi connectivity index (χ1n) is 10.1. The highest BCUT2D eigenvalue weighted by molar-refractivity contribution is 6.32. The van der Waals surface area contributed by atoms with E-state index in [0.29, 0.717) is 34.1 Å². The zero-order valence-electron chi connectivity index (χ0n) is 17.7. The summed E-state index contributed by atoms with van der Waals surface area (Å²) in [6.45, 7) is 0.377. The highest BCUT2D eigenvalue weighted by Crippen LogP contribution is 2.23. The molecule has 3 aromatic carbocycles. The number of hydrogen-bond donors (Lipinski definition) is 1. The summed E-state index contributed by atoms with van der Waals surface area (Å²) in [7, 11) is 1.60. The van der Waals surface area contributed by atoms with Crippen LogP contribution in [-0.2, 0) is 6.54 Å². The van der Waals surface area contributed by atoms with Crippen molar-refractivity contribution in [2.45, 2.75) is 6.54 Å². The minimum Gasteiger partial charge on any atom is -0.497 e. The Bertz CT molecular complexity index is 1300. The smallest absolute Gasteiger partial charge is 0.274 e. The van der Waals surface area contributed by atoms with Gasteiger partial charge in [-0.25, -0.2) is 0 Å². The third-order valence-electron chi connectivity index (χ3n) is 4.87. The van der Waals surface area contributed by atoms with Gasteiger partial charge in [-0.15, -0.1) is 5.10 Å². The maximum absolute atomic E-state index is 13.0. The molecule has 0 saturated carbocycles. The molecule has 0 atom stereocenters. The van der Waals surface area contributed by atoms with Crippen molar-refractivity contribution in [1.82, 2.24) is 14.8 Å². The average molecular weight is 479 g/mol. The summed E-state index contributed by atoms with van der Waals surface area (Å²) in [5.74, 6) is 1.05. The van der Waals surface area contributed by atoms with E-state index in [1.807, 2.05) is 66.7 Å². The molecule has 0 aliphatic heterocycles. The van der Waals surface area contributed by atoms with E-state index in [1.165, 1.54) is 10.8 Å². The molecule has 4 rings (SSSR count). The van der Waals surface area contributed by atoms with E-state index in [4.69, 9.17) is 27.9 Å². The molecule has 0 amide bonds. The van der Waals surface area contributed by atoms with Crippen LogP contribution in [0.2, 0.25) is 10.0 Å². The monoisotopic (exact) mass is 478 g/mol.